The van der Waals surface area contributed by atoms with Crippen molar-refractivity contribution in [3.05, 3.63) is 34.4 Å². The van der Waals surface area contributed by atoms with Crippen molar-refractivity contribution in [3.63, 3.8) is 0 Å². The normalized spacial score (nSPS) is 17.0. The fraction of sp³-hybridized carbons (Fsp3) is 0.529. The van der Waals surface area contributed by atoms with Gasteiger partial charge in [0, 0.05) is 6.54 Å². The van der Waals surface area contributed by atoms with Crippen LogP contribution in [0.25, 0.3) is 0 Å². The van der Waals surface area contributed by atoms with E-state index in [1.165, 1.54) is 42.6 Å². The zero-order chi connectivity index (χ0) is 16.1. The molecule has 0 atom stereocenters. The van der Waals surface area contributed by atoms with Gasteiger partial charge in [-0.3, -0.25) is 10.3 Å². The summed E-state index contributed by atoms with van der Waals surface area (Å²) < 4.78 is 0. The Labute approximate surface area is 138 Å². The van der Waals surface area contributed by atoms with Crippen molar-refractivity contribution < 1.29 is 0 Å². The van der Waals surface area contributed by atoms with Gasteiger partial charge in [0.25, 0.3) is 0 Å². The van der Waals surface area contributed by atoms with Crippen molar-refractivity contribution >= 4 is 23.5 Å². The van der Waals surface area contributed by atoms with Crippen LogP contribution >= 0.6 is 12.2 Å². The van der Waals surface area contributed by atoms with Gasteiger partial charge in [0.1, 0.15) is 0 Å². The molecule has 1 heterocycles. The zero-order valence-electron chi connectivity index (χ0n) is 13.7. The molecule has 3 N–H and O–H groups in total. The lowest BCUT2D eigenvalue weighted by Gasteiger charge is -2.30. The number of thiocarbonyl (C=S) groups is 1. The summed E-state index contributed by atoms with van der Waals surface area (Å²) in [5, 5.41) is 4.26. The molecule has 0 radical (unpaired) electrons. The third-order valence-electron chi connectivity index (χ3n) is 4.37. The predicted octanol–water partition coefficient (Wildman–Crippen LogP) is 2.70. The Morgan fingerprint density at radius 1 is 1.36 bits per heavy atom. The molecule has 22 heavy (non-hydrogen) atoms. The molecular formula is C17H26N4S. The quantitative estimate of drug-likeness (QED) is 0.509. The number of likely N-dealkylation sites (tertiary alicyclic amines) is 1. The van der Waals surface area contributed by atoms with Crippen molar-refractivity contribution in [2.75, 3.05) is 13.1 Å². The van der Waals surface area contributed by atoms with Crippen LogP contribution in [-0.4, -0.2) is 29.3 Å². The third kappa shape index (κ3) is 4.78. The monoisotopic (exact) mass is 318 g/mol. The van der Waals surface area contributed by atoms with Crippen LogP contribution in [0.4, 0.5) is 0 Å². The Bertz CT molecular complexity index is 560. The number of hydrazone groups is 1. The molecular weight excluding hydrogens is 292 g/mol. The van der Waals surface area contributed by atoms with Gasteiger partial charge in [-0.2, -0.15) is 5.10 Å². The molecule has 0 amide bonds. The minimum Gasteiger partial charge on any atom is -0.375 e. The molecule has 1 aliphatic heterocycles. The second-order valence-corrected chi connectivity index (χ2v) is 6.77. The third-order valence-corrected chi connectivity index (χ3v) is 4.46. The summed E-state index contributed by atoms with van der Waals surface area (Å²) in [4.78, 5) is 2.55. The van der Waals surface area contributed by atoms with Crippen molar-refractivity contribution in [2.24, 2.45) is 16.8 Å². The molecule has 0 spiro atoms. The molecule has 2 rings (SSSR count). The Hall–Kier alpha value is -1.46. The second kappa shape index (κ2) is 7.70. The van der Waals surface area contributed by atoms with E-state index in [-0.39, 0.29) is 5.11 Å². The highest BCUT2D eigenvalue weighted by molar-refractivity contribution is 7.80. The van der Waals surface area contributed by atoms with E-state index < -0.39 is 0 Å². The van der Waals surface area contributed by atoms with Gasteiger partial charge in [0.15, 0.2) is 5.11 Å². The van der Waals surface area contributed by atoms with Crippen LogP contribution in [0.1, 0.15) is 42.0 Å². The van der Waals surface area contributed by atoms with Crippen molar-refractivity contribution in [3.8, 4) is 0 Å². The SMILES string of the molecule is Cc1cc(C)c(CN2CCC(C)CC2)cc1C=NNC(N)=S. The Morgan fingerprint density at radius 2 is 2.05 bits per heavy atom. The molecule has 1 aliphatic rings. The number of nitrogens with zero attached hydrogens (tertiary/aromatic N) is 2. The maximum absolute atomic E-state index is 5.38. The fourth-order valence-electron chi connectivity index (χ4n) is 2.85. The van der Waals surface area contributed by atoms with E-state index in [9.17, 15) is 0 Å². The lowest BCUT2D eigenvalue weighted by molar-refractivity contribution is 0.185. The Kier molecular flexibility index (Phi) is 5.91. The van der Waals surface area contributed by atoms with E-state index in [1.807, 2.05) is 0 Å². The van der Waals surface area contributed by atoms with E-state index in [0.717, 1.165) is 18.0 Å². The highest BCUT2D eigenvalue weighted by atomic mass is 32.1. The first-order valence-corrected chi connectivity index (χ1v) is 8.27. The van der Waals surface area contributed by atoms with Crippen LogP contribution in [0.15, 0.2) is 17.2 Å². The number of benzene rings is 1. The van der Waals surface area contributed by atoms with Crippen LogP contribution in [-0.2, 0) is 6.54 Å². The highest BCUT2D eigenvalue weighted by Crippen LogP contribution is 2.21. The molecule has 1 fully saturated rings. The number of hydrogen-bond acceptors (Lipinski definition) is 3. The van der Waals surface area contributed by atoms with Gasteiger partial charge in [0.05, 0.1) is 6.21 Å². The fourth-order valence-corrected chi connectivity index (χ4v) is 2.90. The molecule has 1 saturated heterocycles. The van der Waals surface area contributed by atoms with Crippen LogP contribution in [0.3, 0.4) is 0 Å². The minimum atomic E-state index is 0.184. The smallest absolute Gasteiger partial charge is 0.184 e. The van der Waals surface area contributed by atoms with Gasteiger partial charge in [-0.05, 0) is 86.2 Å². The van der Waals surface area contributed by atoms with E-state index >= 15 is 0 Å². The average molecular weight is 318 g/mol. The predicted molar refractivity (Wildman–Crippen MR) is 97.1 cm³/mol. The molecule has 120 valence electrons. The first kappa shape index (κ1) is 16.9. The molecule has 1 aromatic rings. The summed E-state index contributed by atoms with van der Waals surface area (Å²) in [6.07, 6.45) is 4.39. The molecule has 4 nitrogen and oxygen atoms in total. The van der Waals surface area contributed by atoms with Crippen LogP contribution in [0, 0.1) is 19.8 Å². The van der Waals surface area contributed by atoms with Crippen molar-refractivity contribution in [1.29, 1.82) is 0 Å². The number of aryl methyl sites for hydroxylation is 2. The number of hydrogen-bond donors (Lipinski definition) is 2. The summed E-state index contributed by atoms with van der Waals surface area (Å²) in [5.41, 5.74) is 13.0. The Balaban J connectivity index is 2.10. The van der Waals surface area contributed by atoms with Gasteiger partial charge in [-0.15, -0.1) is 0 Å². The minimum absolute atomic E-state index is 0.184. The first-order chi connectivity index (χ1) is 10.5. The summed E-state index contributed by atoms with van der Waals surface area (Å²) >= 11 is 4.75. The van der Waals surface area contributed by atoms with Crippen molar-refractivity contribution in [2.45, 2.75) is 40.2 Å². The molecule has 0 aromatic heterocycles. The zero-order valence-corrected chi connectivity index (χ0v) is 14.5. The second-order valence-electron chi connectivity index (χ2n) is 6.33. The molecule has 0 bridgehead atoms. The van der Waals surface area contributed by atoms with E-state index in [4.69, 9.17) is 18.0 Å². The molecule has 0 unspecified atom stereocenters. The number of piperidine rings is 1. The average Bonchev–Trinajstić information content (AvgIpc) is 2.45. The van der Waals surface area contributed by atoms with Gasteiger partial charge >= 0.3 is 0 Å². The maximum Gasteiger partial charge on any atom is 0.184 e. The maximum atomic E-state index is 5.38. The molecule has 0 saturated carbocycles. The highest BCUT2D eigenvalue weighted by Gasteiger charge is 2.16. The lowest BCUT2D eigenvalue weighted by Crippen LogP contribution is -2.32. The van der Waals surface area contributed by atoms with E-state index in [2.05, 4.69) is 48.3 Å². The van der Waals surface area contributed by atoms with E-state index in [0.29, 0.717) is 0 Å². The summed E-state index contributed by atoms with van der Waals surface area (Å²) in [7, 11) is 0. The van der Waals surface area contributed by atoms with Gasteiger partial charge in [-0.25, -0.2) is 0 Å². The van der Waals surface area contributed by atoms with Crippen LogP contribution in [0.5, 0.6) is 0 Å². The summed E-state index contributed by atoms with van der Waals surface area (Å²) in [6.45, 7) is 10.0. The number of nitrogens with one attached hydrogen (secondary N) is 1. The van der Waals surface area contributed by atoms with Gasteiger partial charge in [-0.1, -0.05) is 13.0 Å². The van der Waals surface area contributed by atoms with Gasteiger partial charge in [0.2, 0.25) is 0 Å². The number of nitrogens with two attached hydrogens (primary N) is 1. The van der Waals surface area contributed by atoms with Crippen molar-refractivity contribution in [1.82, 2.24) is 10.3 Å². The Morgan fingerprint density at radius 3 is 2.68 bits per heavy atom. The standard InChI is InChI=1S/C17H26N4S/c1-12-4-6-21(7-5-12)11-16-9-15(10-19-20-17(18)22)13(2)8-14(16)3/h8-10,12H,4-7,11H2,1-3H3,(H3,18,20,22). The first-order valence-electron chi connectivity index (χ1n) is 7.86. The summed E-state index contributed by atoms with van der Waals surface area (Å²) in [6, 6.07) is 4.46. The molecule has 5 heteroatoms. The lowest BCUT2D eigenvalue weighted by atomic mass is 9.96. The largest absolute Gasteiger partial charge is 0.375 e. The number of rotatable bonds is 4. The summed E-state index contributed by atoms with van der Waals surface area (Å²) in [5.74, 6) is 0.865. The van der Waals surface area contributed by atoms with Crippen LogP contribution < -0.4 is 11.2 Å². The molecule has 0 aliphatic carbocycles. The molecule has 1 aromatic carbocycles. The van der Waals surface area contributed by atoms with E-state index in [1.54, 1.807) is 6.21 Å². The van der Waals surface area contributed by atoms with Gasteiger partial charge < -0.3 is 5.73 Å². The topological polar surface area (TPSA) is 53.6 Å². The van der Waals surface area contributed by atoms with Crippen LogP contribution in [0.2, 0.25) is 0 Å².